The van der Waals surface area contributed by atoms with Crippen molar-refractivity contribution in [3.63, 3.8) is 0 Å². The van der Waals surface area contributed by atoms with Crippen LogP contribution in [0.5, 0.6) is 0 Å². The Labute approximate surface area is 150 Å². The van der Waals surface area contributed by atoms with Crippen LogP contribution >= 0.6 is 0 Å². The van der Waals surface area contributed by atoms with E-state index in [1.54, 1.807) is 70.6 Å². The van der Waals surface area contributed by atoms with E-state index in [0.717, 1.165) is 46.8 Å². The summed E-state index contributed by atoms with van der Waals surface area (Å²) in [5.41, 5.74) is 1.43. The minimum Gasteiger partial charge on any atom is -0.0651 e. The quantitative estimate of drug-likeness (QED) is 0.508. The molecule has 0 aliphatic heterocycles. The molecule has 0 saturated heterocycles. The zero-order chi connectivity index (χ0) is 16.5. The number of fused-ring (bicyclic) bond motifs is 5. The fraction of sp³-hybridized carbons (Fsp3) is 1.00. The molecule has 0 nitrogen and oxygen atoms in total. The molecule has 0 bridgehead atoms. The first kappa shape index (κ1) is 16.2. The van der Waals surface area contributed by atoms with E-state index in [9.17, 15) is 0 Å². The first-order valence-electron chi connectivity index (χ1n) is 11.6. The molecule has 0 heterocycles. The molecule has 24 heavy (non-hydrogen) atoms. The lowest BCUT2D eigenvalue weighted by atomic mass is 9.44. The predicted octanol–water partition coefficient (Wildman–Crippen LogP) is 7.08. The van der Waals surface area contributed by atoms with Crippen LogP contribution in [0.25, 0.3) is 0 Å². The van der Waals surface area contributed by atoms with Crippen LogP contribution in [0.1, 0.15) is 97.8 Å². The van der Waals surface area contributed by atoms with E-state index in [0.29, 0.717) is 5.41 Å². The number of hydrogen-bond acceptors (Lipinski definition) is 0. The zero-order valence-corrected chi connectivity index (χ0v) is 16.5. The second kappa shape index (κ2) is 5.50. The molecule has 0 amide bonds. The van der Waals surface area contributed by atoms with Gasteiger partial charge in [0.15, 0.2) is 0 Å². The predicted molar refractivity (Wildman–Crippen MR) is 102 cm³/mol. The van der Waals surface area contributed by atoms with Crippen LogP contribution < -0.4 is 0 Å². The summed E-state index contributed by atoms with van der Waals surface area (Å²) < 4.78 is 0. The second-order valence-corrected chi connectivity index (χ2v) is 11.3. The Hall–Kier alpha value is 0. The molecule has 5 saturated carbocycles. The molecule has 136 valence electrons. The van der Waals surface area contributed by atoms with Gasteiger partial charge in [0, 0.05) is 0 Å². The maximum atomic E-state index is 2.76. The highest BCUT2D eigenvalue weighted by Crippen LogP contribution is 2.68. The number of hydrogen-bond donors (Lipinski definition) is 0. The molecule has 5 fully saturated rings. The van der Waals surface area contributed by atoms with E-state index in [-0.39, 0.29) is 0 Å². The van der Waals surface area contributed by atoms with Crippen LogP contribution in [0.15, 0.2) is 0 Å². The van der Waals surface area contributed by atoms with Crippen LogP contribution in [0, 0.1) is 52.3 Å². The molecule has 8 unspecified atom stereocenters. The van der Waals surface area contributed by atoms with Crippen molar-refractivity contribution in [2.75, 3.05) is 0 Å². The first-order valence-corrected chi connectivity index (χ1v) is 11.6. The minimum absolute atomic E-state index is 0.713. The summed E-state index contributed by atoms with van der Waals surface area (Å²) in [5.74, 6) is 7.68. The summed E-state index contributed by atoms with van der Waals surface area (Å²) in [7, 11) is 0. The molecule has 0 radical (unpaired) electrons. The van der Waals surface area contributed by atoms with Crippen LogP contribution in [0.3, 0.4) is 0 Å². The van der Waals surface area contributed by atoms with Crippen molar-refractivity contribution < 1.29 is 0 Å². The second-order valence-electron chi connectivity index (χ2n) is 11.3. The molecule has 0 N–H and O–H groups in total. The zero-order valence-electron chi connectivity index (χ0n) is 16.5. The van der Waals surface area contributed by atoms with Gasteiger partial charge in [-0.1, -0.05) is 27.2 Å². The van der Waals surface area contributed by atoms with Gasteiger partial charge < -0.3 is 0 Å². The van der Waals surface area contributed by atoms with E-state index in [4.69, 9.17) is 0 Å². The summed E-state index contributed by atoms with van der Waals surface area (Å²) >= 11 is 0. The highest BCUT2D eigenvalue weighted by molar-refractivity contribution is 5.09. The minimum atomic E-state index is 0.713. The Morgan fingerprint density at radius 2 is 1.46 bits per heavy atom. The molecule has 5 aliphatic carbocycles. The summed E-state index contributed by atoms with van der Waals surface area (Å²) in [6.07, 6.45) is 18.8. The van der Waals surface area contributed by atoms with Gasteiger partial charge in [-0.05, 0) is 123 Å². The number of rotatable bonds is 2. The molecular formula is C24H40. The van der Waals surface area contributed by atoms with E-state index >= 15 is 0 Å². The van der Waals surface area contributed by atoms with Crippen molar-refractivity contribution in [2.45, 2.75) is 97.8 Å². The maximum absolute atomic E-state index is 2.76. The normalized spacial score (nSPS) is 57.1. The molecular weight excluding hydrogens is 288 g/mol. The average Bonchev–Trinajstić information content (AvgIpc) is 3.36. The maximum Gasteiger partial charge on any atom is -0.0266 e. The van der Waals surface area contributed by atoms with Gasteiger partial charge in [0.25, 0.3) is 0 Å². The lowest BCUT2D eigenvalue weighted by Gasteiger charge is -2.61. The Morgan fingerprint density at radius 1 is 0.708 bits per heavy atom. The highest BCUT2D eigenvalue weighted by Gasteiger charge is 2.60. The van der Waals surface area contributed by atoms with E-state index in [2.05, 4.69) is 20.8 Å². The van der Waals surface area contributed by atoms with Gasteiger partial charge in [-0.25, -0.2) is 0 Å². The smallest absolute Gasteiger partial charge is 0.0266 e. The van der Waals surface area contributed by atoms with Gasteiger partial charge in [-0.3, -0.25) is 0 Å². The SMILES string of the molecule is CCC1CCC2C3CCC4CC(C5CC5)CCC4(C)C3CCC12C. The Bertz CT molecular complexity index is 490. The average molecular weight is 329 g/mol. The molecule has 5 aliphatic rings. The van der Waals surface area contributed by atoms with Crippen molar-refractivity contribution in [2.24, 2.45) is 52.3 Å². The van der Waals surface area contributed by atoms with Crippen molar-refractivity contribution in [1.29, 1.82) is 0 Å². The van der Waals surface area contributed by atoms with Crippen molar-refractivity contribution >= 4 is 0 Å². The van der Waals surface area contributed by atoms with Crippen LogP contribution in [0.4, 0.5) is 0 Å². The molecule has 0 spiro atoms. The van der Waals surface area contributed by atoms with E-state index < -0.39 is 0 Å². The lowest BCUT2D eigenvalue weighted by Crippen LogP contribution is -2.53. The van der Waals surface area contributed by atoms with Gasteiger partial charge >= 0.3 is 0 Å². The summed E-state index contributed by atoms with van der Waals surface area (Å²) in [6, 6.07) is 0. The van der Waals surface area contributed by atoms with Crippen LogP contribution in [0.2, 0.25) is 0 Å². The Morgan fingerprint density at radius 3 is 2.21 bits per heavy atom. The standard InChI is InChI=1S/C24H40/c1-4-18-8-10-21-20-9-7-19-15-17(16-5-6-16)11-13-24(19,3)22(20)12-14-23(18,21)2/h16-22H,4-15H2,1-3H3. The lowest BCUT2D eigenvalue weighted by molar-refractivity contribution is -0.119. The van der Waals surface area contributed by atoms with E-state index in [1.165, 1.54) is 6.42 Å². The van der Waals surface area contributed by atoms with Gasteiger partial charge in [-0.15, -0.1) is 0 Å². The fourth-order valence-electron chi connectivity index (χ4n) is 9.07. The fourth-order valence-corrected chi connectivity index (χ4v) is 9.07. The Balaban J connectivity index is 1.38. The molecule has 0 aromatic carbocycles. The van der Waals surface area contributed by atoms with Crippen LogP contribution in [-0.4, -0.2) is 0 Å². The monoisotopic (exact) mass is 328 g/mol. The summed E-state index contributed by atoms with van der Waals surface area (Å²) in [5, 5.41) is 0. The molecule has 8 atom stereocenters. The third-order valence-electron chi connectivity index (χ3n) is 10.7. The van der Waals surface area contributed by atoms with Crippen LogP contribution in [-0.2, 0) is 0 Å². The largest absolute Gasteiger partial charge is 0.0651 e. The molecule has 0 heteroatoms. The van der Waals surface area contributed by atoms with Gasteiger partial charge in [0.05, 0.1) is 0 Å². The topological polar surface area (TPSA) is 0 Å². The van der Waals surface area contributed by atoms with E-state index in [1.807, 2.05) is 0 Å². The van der Waals surface area contributed by atoms with Crippen molar-refractivity contribution in [3.05, 3.63) is 0 Å². The Kier molecular flexibility index (Phi) is 3.71. The third kappa shape index (κ3) is 2.16. The summed E-state index contributed by atoms with van der Waals surface area (Å²) in [4.78, 5) is 0. The van der Waals surface area contributed by atoms with Crippen molar-refractivity contribution in [3.8, 4) is 0 Å². The summed E-state index contributed by atoms with van der Waals surface area (Å²) in [6.45, 7) is 7.92. The highest BCUT2D eigenvalue weighted by atomic mass is 14.6. The molecule has 0 aromatic rings. The molecule has 5 rings (SSSR count). The van der Waals surface area contributed by atoms with Crippen molar-refractivity contribution in [1.82, 2.24) is 0 Å². The molecule has 0 aromatic heterocycles. The first-order chi connectivity index (χ1) is 11.6. The van der Waals surface area contributed by atoms with Gasteiger partial charge in [0.1, 0.15) is 0 Å². The third-order valence-corrected chi connectivity index (χ3v) is 10.7. The van der Waals surface area contributed by atoms with Gasteiger partial charge in [-0.2, -0.15) is 0 Å². The van der Waals surface area contributed by atoms with Gasteiger partial charge in [0.2, 0.25) is 0 Å².